The predicted octanol–water partition coefficient (Wildman–Crippen LogP) is -0.539. The zero-order valence-corrected chi connectivity index (χ0v) is 8.88. The molecule has 1 amide bonds. The van der Waals surface area contributed by atoms with E-state index in [1.807, 2.05) is 6.07 Å². The highest BCUT2D eigenvalue weighted by molar-refractivity contribution is 8.00. The highest BCUT2D eigenvalue weighted by Crippen LogP contribution is 1.96. The number of thioether (sulfide) groups is 1. The van der Waals surface area contributed by atoms with Crippen LogP contribution in [-0.2, 0) is 14.3 Å². The van der Waals surface area contributed by atoms with Crippen LogP contribution in [0, 0.1) is 11.3 Å². The summed E-state index contributed by atoms with van der Waals surface area (Å²) in [6.07, 6.45) is 0. The van der Waals surface area contributed by atoms with Crippen LogP contribution in [0.3, 0.4) is 0 Å². The van der Waals surface area contributed by atoms with Gasteiger partial charge in [0.15, 0.2) is 0 Å². The number of nitriles is 1. The Morgan fingerprint density at radius 1 is 1.53 bits per heavy atom. The Labute approximate surface area is 91.6 Å². The molecule has 2 N–H and O–H groups in total. The predicted molar refractivity (Wildman–Crippen MR) is 54.4 cm³/mol. The van der Waals surface area contributed by atoms with E-state index in [0.29, 0.717) is 0 Å². The second kappa shape index (κ2) is 9.30. The normalized spacial score (nSPS) is 9.27. The minimum atomic E-state index is -1.04. The summed E-state index contributed by atoms with van der Waals surface area (Å²) < 4.78 is 4.70. The zero-order chi connectivity index (χ0) is 11.5. The van der Waals surface area contributed by atoms with Crippen molar-refractivity contribution >= 4 is 23.6 Å². The number of nitrogens with zero attached hydrogens (tertiary/aromatic N) is 1. The molecule has 0 aliphatic heterocycles. The molecule has 0 aromatic rings. The molecule has 0 radical (unpaired) electrons. The molecule has 0 rings (SSSR count). The lowest BCUT2D eigenvalue weighted by molar-refractivity contribution is -0.142. The molecule has 0 aliphatic carbocycles. The van der Waals surface area contributed by atoms with Crippen LogP contribution in [-0.4, -0.2) is 48.2 Å². The smallest absolute Gasteiger partial charge is 0.329 e. The molecule has 0 saturated heterocycles. The van der Waals surface area contributed by atoms with Crippen molar-refractivity contribution in [2.45, 2.75) is 0 Å². The lowest BCUT2D eigenvalue weighted by Crippen LogP contribution is -2.29. The van der Waals surface area contributed by atoms with Crippen LogP contribution in [0.2, 0.25) is 0 Å². The van der Waals surface area contributed by atoms with Crippen LogP contribution in [0.15, 0.2) is 0 Å². The van der Waals surface area contributed by atoms with Crippen molar-refractivity contribution in [2.75, 3.05) is 31.3 Å². The SMILES string of the molecule is N#CCSCC(=O)NCCOCC(=O)O. The van der Waals surface area contributed by atoms with Gasteiger partial charge in [0.05, 0.1) is 24.2 Å². The van der Waals surface area contributed by atoms with E-state index in [2.05, 4.69) is 5.32 Å². The number of amides is 1. The van der Waals surface area contributed by atoms with E-state index in [9.17, 15) is 9.59 Å². The minimum Gasteiger partial charge on any atom is -0.480 e. The first kappa shape index (κ1) is 13.7. The topological polar surface area (TPSA) is 99.4 Å². The molecule has 0 aromatic carbocycles. The summed E-state index contributed by atoms with van der Waals surface area (Å²) in [6, 6.07) is 1.90. The molecule has 0 unspecified atom stereocenters. The van der Waals surface area contributed by atoms with Crippen molar-refractivity contribution < 1.29 is 19.4 Å². The second-order valence-electron chi connectivity index (χ2n) is 2.45. The maximum absolute atomic E-state index is 11.0. The molecular weight excluding hydrogens is 220 g/mol. The second-order valence-corrected chi connectivity index (χ2v) is 3.43. The van der Waals surface area contributed by atoms with Gasteiger partial charge in [-0.1, -0.05) is 0 Å². The first-order valence-corrected chi connectivity index (χ1v) is 5.33. The van der Waals surface area contributed by atoms with Gasteiger partial charge in [0.1, 0.15) is 6.61 Å². The maximum atomic E-state index is 11.0. The number of hydrogen-bond acceptors (Lipinski definition) is 5. The van der Waals surface area contributed by atoms with Gasteiger partial charge in [0.25, 0.3) is 0 Å². The van der Waals surface area contributed by atoms with Crippen molar-refractivity contribution in [3.8, 4) is 6.07 Å². The summed E-state index contributed by atoms with van der Waals surface area (Å²) >= 11 is 1.22. The Bertz CT molecular complexity index is 252. The Kier molecular flexibility index (Phi) is 8.52. The van der Waals surface area contributed by atoms with Crippen molar-refractivity contribution in [2.24, 2.45) is 0 Å². The van der Waals surface area contributed by atoms with Crippen LogP contribution in [0.5, 0.6) is 0 Å². The zero-order valence-electron chi connectivity index (χ0n) is 8.06. The lowest BCUT2D eigenvalue weighted by Gasteiger charge is -2.03. The van der Waals surface area contributed by atoms with E-state index >= 15 is 0 Å². The van der Waals surface area contributed by atoms with Gasteiger partial charge in [-0.15, -0.1) is 11.8 Å². The van der Waals surface area contributed by atoms with E-state index < -0.39 is 5.97 Å². The monoisotopic (exact) mass is 232 g/mol. The summed E-state index contributed by atoms with van der Waals surface area (Å²) in [6.45, 7) is 0.0826. The van der Waals surface area contributed by atoms with Crippen LogP contribution < -0.4 is 5.32 Å². The maximum Gasteiger partial charge on any atom is 0.329 e. The van der Waals surface area contributed by atoms with Gasteiger partial charge in [-0.05, 0) is 0 Å². The number of carbonyl (C=O) groups is 2. The quantitative estimate of drug-likeness (QED) is 0.545. The summed E-state index contributed by atoms with van der Waals surface area (Å²) in [5.74, 6) is -0.713. The fourth-order valence-electron chi connectivity index (χ4n) is 0.663. The number of nitrogens with one attached hydrogen (secondary N) is 1. The summed E-state index contributed by atoms with van der Waals surface area (Å²) in [5.41, 5.74) is 0. The largest absolute Gasteiger partial charge is 0.480 e. The van der Waals surface area contributed by atoms with Gasteiger partial charge in [0, 0.05) is 6.54 Å². The van der Waals surface area contributed by atoms with Gasteiger partial charge >= 0.3 is 5.97 Å². The van der Waals surface area contributed by atoms with E-state index in [-0.39, 0.29) is 37.2 Å². The van der Waals surface area contributed by atoms with Crippen LogP contribution >= 0.6 is 11.8 Å². The van der Waals surface area contributed by atoms with Gasteiger partial charge in [-0.3, -0.25) is 4.79 Å². The third-order valence-corrected chi connectivity index (χ3v) is 1.99. The molecule has 0 aliphatic rings. The van der Waals surface area contributed by atoms with Gasteiger partial charge in [-0.2, -0.15) is 5.26 Å². The Balaban J connectivity index is 3.24. The molecule has 15 heavy (non-hydrogen) atoms. The molecule has 0 heterocycles. The Morgan fingerprint density at radius 2 is 2.27 bits per heavy atom. The molecule has 7 heteroatoms. The third kappa shape index (κ3) is 10.7. The van der Waals surface area contributed by atoms with Crippen molar-refractivity contribution in [1.29, 1.82) is 5.26 Å². The first-order chi connectivity index (χ1) is 7.16. The summed E-state index contributed by atoms with van der Waals surface area (Å²) in [7, 11) is 0. The number of aliphatic carboxylic acids is 1. The number of ether oxygens (including phenoxy) is 1. The molecule has 0 fully saturated rings. The number of rotatable bonds is 8. The fraction of sp³-hybridized carbons (Fsp3) is 0.625. The van der Waals surface area contributed by atoms with E-state index in [0.717, 1.165) is 0 Å². The average Bonchev–Trinajstić information content (AvgIpc) is 2.17. The number of hydrogen-bond donors (Lipinski definition) is 2. The third-order valence-electron chi connectivity index (χ3n) is 1.19. The first-order valence-electron chi connectivity index (χ1n) is 4.17. The highest BCUT2D eigenvalue weighted by Gasteiger charge is 2.00. The van der Waals surface area contributed by atoms with E-state index in [1.54, 1.807) is 0 Å². The lowest BCUT2D eigenvalue weighted by atomic mass is 10.6. The molecule has 6 nitrogen and oxygen atoms in total. The average molecular weight is 232 g/mol. The molecule has 0 spiro atoms. The highest BCUT2D eigenvalue weighted by atomic mass is 32.2. The van der Waals surface area contributed by atoms with Crippen molar-refractivity contribution in [3.63, 3.8) is 0 Å². The fourth-order valence-corrected chi connectivity index (χ4v) is 1.14. The summed E-state index contributed by atoms with van der Waals surface area (Å²) in [4.78, 5) is 21.0. The van der Waals surface area contributed by atoms with Crippen LogP contribution in [0.4, 0.5) is 0 Å². The number of carbonyl (C=O) groups excluding carboxylic acids is 1. The van der Waals surface area contributed by atoms with Crippen LogP contribution in [0.25, 0.3) is 0 Å². The van der Waals surface area contributed by atoms with Crippen molar-refractivity contribution in [3.05, 3.63) is 0 Å². The van der Waals surface area contributed by atoms with Crippen molar-refractivity contribution in [1.82, 2.24) is 5.32 Å². The summed E-state index contributed by atoms with van der Waals surface area (Å²) in [5, 5.41) is 18.9. The van der Waals surface area contributed by atoms with Gasteiger partial charge in [0.2, 0.25) is 5.91 Å². The molecule has 0 aromatic heterocycles. The molecule has 0 bridgehead atoms. The molecule has 0 saturated carbocycles. The number of carboxylic acid groups (broad SMARTS) is 1. The number of carboxylic acids is 1. The molecular formula is C8H12N2O4S. The van der Waals surface area contributed by atoms with E-state index in [1.165, 1.54) is 11.8 Å². The van der Waals surface area contributed by atoms with Gasteiger partial charge < -0.3 is 15.2 Å². The van der Waals surface area contributed by atoms with Gasteiger partial charge in [-0.25, -0.2) is 4.79 Å². The Morgan fingerprint density at radius 3 is 2.87 bits per heavy atom. The minimum absolute atomic E-state index is 0.168. The molecule has 0 atom stereocenters. The standard InChI is InChI=1S/C8H12N2O4S/c9-1-4-15-6-7(11)10-2-3-14-5-8(12)13/h2-6H2,(H,10,11)(H,12,13). The van der Waals surface area contributed by atoms with E-state index in [4.69, 9.17) is 15.1 Å². The van der Waals surface area contributed by atoms with Crippen LogP contribution in [0.1, 0.15) is 0 Å². The Hall–Kier alpha value is -1.26. The molecule has 84 valence electrons.